The summed E-state index contributed by atoms with van der Waals surface area (Å²) in [5, 5.41) is 18.9. The van der Waals surface area contributed by atoms with E-state index in [4.69, 9.17) is 0 Å². The van der Waals surface area contributed by atoms with Gasteiger partial charge in [0.15, 0.2) is 0 Å². The van der Waals surface area contributed by atoms with Crippen molar-refractivity contribution in [1.29, 1.82) is 0 Å². The number of amides is 2. The molecule has 2 fully saturated rings. The van der Waals surface area contributed by atoms with Crippen molar-refractivity contribution < 1.29 is 19.8 Å². The van der Waals surface area contributed by atoms with Gasteiger partial charge in [-0.15, -0.1) is 0 Å². The Morgan fingerprint density at radius 3 is 2.11 bits per heavy atom. The van der Waals surface area contributed by atoms with E-state index in [1.54, 1.807) is 4.90 Å². The molecule has 2 rings (SSSR count). The van der Waals surface area contributed by atoms with E-state index in [-0.39, 0.29) is 24.2 Å². The standard InChI is InChI=1S/C13H22N2O4/c1-13(2,11(17)18)14(3)12(19)15-8-4-5-9(15)7-10(16)6-8/h8-10,16H,4-7H2,1-3H3,(H,17,18). The molecule has 2 atom stereocenters. The minimum absolute atomic E-state index is 0.0493. The summed E-state index contributed by atoms with van der Waals surface area (Å²) in [7, 11) is 1.53. The molecule has 0 spiro atoms. The molecule has 2 amide bonds. The number of fused-ring (bicyclic) bond motifs is 2. The molecule has 2 bridgehead atoms. The first-order chi connectivity index (χ1) is 8.75. The van der Waals surface area contributed by atoms with Crippen molar-refractivity contribution in [2.24, 2.45) is 0 Å². The maximum absolute atomic E-state index is 12.5. The molecule has 0 saturated carbocycles. The predicted molar refractivity (Wildman–Crippen MR) is 68.8 cm³/mol. The summed E-state index contributed by atoms with van der Waals surface area (Å²) < 4.78 is 0. The van der Waals surface area contributed by atoms with Gasteiger partial charge in [0.05, 0.1) is 6.10 Å². The lowest BCUT2D eigenvalue weighted by atomic mass is 9.99. The quantitative estimate of drug-likeness (QED) is 0.781. The first-order valence-electron chi connectivity index (χ1n) is 6.72. The largest absolute Gasteiger partial charge is 0.480 e. The first-order valence-corrected chi connectivity index (χ1v) is 6.72. The number of aliphatic carboxylic acids is 1. The lowest BCUT2D eigenvalue weighted by molar-refractivity contribution is -0.147. The van der Waals surface area contributed by atoms with E-state index >= 15 is 0 Å². The zero-order chi connectivity index (χ0) is 14.4. The van der Waals surface area contributed by atoms with Gasteiger partial charge in [-0.25, -0.2) is 9.59 Å². The number of rotatable bonds is 2. The van der Waals surface area contributed by atoms with Crippen LogP contribution in [0.3, 0.4) is 0 Å². The monoisotopic (exact) mass is 270 g/mol. The van der Waals surface area contributed by atoms with Gasteiger partial charge >= 0.3 is 12.0 Å². The van der Waals surface area contributed by atoms with Crippen molar-refractivity contribution in [1.82, 2.24) is 9.80 Å². The van der Waals surface area contributed by atoms with Gasteiger partial charge in [0.1, 0.15) is 5.54 Å². The average molecular weight is 270 g/mol. The number of aliphatic hydroxyl groups excluding tert-OH is 1. The van der Waals surface area contributed by atoms with Gasteiger partial charge in [-0.05, 0) is 39.5 Å². The SMILES string of the molecule is CN(C(=O)N1C2CCC1CC(O)C2)C(C)(C)C(=O)O. The summed E-state index contributed by atoms with van der Waals surface area (Å²) in [5.41, 5.74) is -1.23. The number of likely N-dealkylation sites (N-methyl/N-ethyl adjacent to an activating group) is 1. The maximum atomic E-state index is 12.5. The Balaban J connectivity index is 2.15. The molecule has 2 heterocycles. The van der Waals surface area contributed by atoms with E-state index < -0.39 is 11.5 Å². The minimum Gasteiger partial charge on any atom is -0.480 e. The smallest absolute Gasteiger partial charge is 0.329 e. The Morgan fingerprint density at radius 2 is 1.68 bits per heavy atom. The first kappa shape index (κ1) is 14.1. The summed E-state index contributed by atoms with van der Waals surface area (Å²) in [4.78, 5) is 26.8. The Kier molecular flexibility index (Phi) is 3.47. The number of nitrogens with zero attached hydrogens (tertiary/aromatic N) is 2. The summed E-state index contributed by atoms with van der Waals surface area (Å²) >= 11 is 0. The number of urea groups is 1. The van der Waals surface area contributed by atoms with Crippen LogP contribution >= 0.6 is 0 Å². The Bertz CT molecular complexity index is 382. The minimum atomic E-state index is -1.23. The molecule has 0 radical (unpaired) electrons. The summed E-state index contributed by atoms with van der Waals surface area (Å²) in [5.74, 6) is -1.02. The fourth-order valence-electron chi connectivity index (χ4n) is 3.02. The van der Waals surface area contributed by atoms with Crippen LogP contribution in [0.5, 0.6) is 0 Å². The highest BCUT2D eigenvalue weighted by Gasteiger charge is 2.46. The fourth-order valence-corrected chi connectivity index (χ4v) is 3.02. The maximum Gasteiger partial charge on any atom is 0.329 e. The highest BCUT2D eigenvalue weighted by Crippen LogP contribution is 2.37. The Hall–Kier alpha value is -1.30. The molecular weight excluding hydrogens is 248 g/mol. The van der Waals surface area contributed by atoms with Crippen LogP contribution in [0, 0.1) is 0 Å². The predicted octanol–water partition coefficient (Wildman–Crippen LogP) is 0.889. The number of carbonyl (C=O) groups excluding carboxylic acids is 1. The van der Waals surface area contributed by atoms with E-state index in [9.17, 15) is 19.8 Å². The van der Waals surface area contributed by atoms with Crippen LogP contribution in [-0.4, -0.2) is 62.8 Å². The van der Waals surface area contributed by atoms with Gasteiger partial charge in [-0.2, -0.15) is 0 Å². The zero-order valence-electron chi connectivity index (χ0n) is 11.7. The number of hydrogen-bond donors (Lipinski definition) is 2. The van der Waals surface area contributed by atoms with Crippen LogP contribution in [0.15, 0.2) is 0 Å². The highest BCUT2D eigenvalue weighted by atomic mass is 16.4. The molecule has 6 heteroatoms. The van der Waals surface area contributed by atoms with Gasteiger partial charge in [0.25, 0.3) is 0 Å². The third kappa shape index (κ3) is 2.29. The molecule has 2 unspecified atom stereocenters. The normalized spacial score (nSPS) is 30.3. The van der Waals surface area contributed by atoms with Gasteiger partial charge in [0, 0.05) is 19.1 Å². The number of carboxylic acids is 1. The summed E-state index contributed by atoms with van der Waals surface area (Å²) in [6, 6.07) is -0.145. The van der Waals surface area contributed by atoms with Crippen molar-refractivity contribution in [2.45, 2.75) is 63.3 Å². The van der Waals surface area contributed by atoms with Crippen LogP contribution < -0.4 is 0 Å². The lowest BCUT2D eigenvalue weighted by Crippen LogP contribution is -2.59. The zero-order valence-corrected chi connectivity index (χ0v) is 11.7. The molecule has 19 heavy (non-hydrogen) atoms. The van der Waals surface area contributed by atoms with Crippen molar-refractivity contribution in [3.63, 3.8) is 0 Å². The molecular formula is C13H22N2O4. The van der Waals surface area contributed by atoms with E-state index in [0.29, 0.717) is 12.8 Å². The fraction of sp³-hybridized carbons (Fsp3) is 0.846. The van der Waals surface area contributed by atoms with Crippen molar-refractivity contribution in [2.75, 3.05) is 7.05 Å². The molecule has 0 aromatic heterocycles. The van der Waals surface area contributed by atoms with Gasteiger partial charge in [-0.1, -0.05) is 0 Å². The van der Waals surface area contributed by atoms with Crippen LogP contribution in [0.1, 0.15) is 39.5 Å². The second kappa shape index (κ2) is 4.67. The third-order valence-corrected chi connectivity index (χ3v) is 4.58. The lowest BCUT2D eigenvalue weighted by Gasteiger charge is -2.42. The second-order valence-corrected chi connectivity index (χ2v) is 6.12. The van der Waals surface area contributed by atoms with Gasteiger partial charge in [0.2, 0.25) is 0 Å². The van der Waals surface area contributed by atoms with Crippen molar-refractivity contribution in [3.05, 3.63) is 0 Å². The number of carbonyl (C=O) groups is 2. The second-order valence-electron chi connectivity index (χ2n) is 6.12. The molecule has 2 aliphatic heterocycles. The van der Waals surface area contributed by atoms with E-state index in [2.05, 4.69) is 0 Å². The van der Waals surface area contributed by atoms with Crippen molar-refractivity contribution >= 4 is 12.0 Å². The third-order valence-electron chi connectivity index (χ3n) is 4.58. The van der Waals surface area contributed by atoms with Crippen LogP contribution in [0.2, 0.25) is 0 Å². The van der Waals surface area contributed by atoms with E-state index in [1.807, 2.05) is 0 Å². The number of hydrogen-bond acceptors (Lipinski definition) is 3. The van der Waals surface area contributed by atoms with E-state index in [0.717, 1.165) is 12.8 Å². The Labute approximate surface area is 113 Å². The van der Waals surface area contributed by atoms with Crippen LogP contribution in [0.25, 0.3) is 0 Å². The number of carboxylic acid groups (broad SMARTS) is 1. The van der Waals surface area contributed by atoms with Crippen molar-refractivity contribution in [3.8, 4) is 0 Å². The molecule has 2 saturated heterocycles. The average Bonchev–Trinajstić information content (AvgIpc) is 2.59. The number of piperidine rings is 1. The molecule has 0 aromatic carbocycles. The van der Waals surface area contributed by atoms with Gasteiger partial charge in [-0.3, -0.25) is 0 Å². The molecule has 0 aromatic rings. The van der Waals surface area contributed by atoms with Gasteiger partial charge < -0.3 is 20.0 Å². The number of aliphatic hydroxyl groups is 1. The Morgan fingerprint density at radius 1 is 1.21 bits per heavy atom. The summed E-state index contributed by atoms with van der Waals surface area (Å²) in [6.45, 7) is 3.04. The molecule has 108 valence electrons. The highest BCUT2D eigenvalue weighted by molar-refractivity contribution is 5.85. The molecule has 0 aliphatic carbocycles. The topological polar surface area (TPSA) is 81.1 Å². The molecule has 2 aliphatic rings. The molecule has 6 nitrogen and oxygen atoms in total. The van der Waals surface area contributed by atoms with E-state index in [1.165, 1.54) is 25.8 Å². The van der Waals surface area contributed by atoms with Crippen LogP contribution in [-0.2, 0) is 4.79 Å². The summed E-state index contributed by atoms with van der Waals surface area (Å²) in [6.07, 6.45) is 2.66. The molecule has 2 N–H and O–H groups in total. The van der Waals surface area contributed by atoms with Crippen LogP contribution in [0.4, 0.5) is 4.79 Å².